The van der Waals surface area contributed by atoms with Crippen LogP contribution < -0.4 is 21.9 Å². The standard InChI is InChI=1S/C25H23N7O2/c1-15(29-24(33)21-22(26)30-31-13-7-12-28-23(21)31)19-14-16-8-6-11-18(27-2)20(16)25(34)32(19)17-9-4-3-5-10-17/h3-15,27H,1-2H3,(H2,26,30)(H,29,33)/t15-/m0/s1. The molecule has 3 aromatic heterocycles. The lowest BCUT2D eigenvalue weighted by Crippen LogP contribution is -2.32. The van der Waals surface area contributed by atoms with Gasteiger partial charge in [0, 0.05) is 36.5 Å². The minimum atomic E-state index is -0.527. The highest BCUT2D eigenvalue weighted by molar-refractivity contribution is 6.04. The number of aromatic nitrogens is 4. The van der Waals surface area contributed by atoms with E-state index in [4.69, 9.17) is 5.73 Å². The van der Waals surface area contributed by atoms with Crippen molar-refractivity contribution in [2.75, 3.05) is 18.1 Å². The molecule has 0 unspecified atom stereocenters. The molecule has 0 aliphatic carbocycles. The van der Waals surface area contributed by atoms with Gasteiger partial charge in [-0.1, -0.05) is 30.3 Å². The second-order valence-electron chi connectivity index (χ2n) is 7.91. The first-order chi connectivity index (χ1) is 16.5. The number of hydrogen-bond donors (Lipinski definition) is 3. The van der Waals surface area contributed by atoms with Gasteiger partial charge in [0.15, 0.2) is 11.5 Å². The van der Waals surface area contributed by atoms with Crippen LogP contribution in [0.3, 0.4) is 0 Å². The number of nitrogens with one attached hydrogen (secondary N) is 2. The van der Waals surface area contributed by atoms with E-state index in [0.717, 1.165) is 11.1 Å². The van der Waals surface area contributed by atoms with Crippen LogP contribution in [0, 0.1) is 0 Å². The number of nitrogen functional groups attached to an aromatic ring is 1. The topological polar surface area (TPSA) is 119 Å². The minimum Gasteiger partial charge on any atom is -0.387 e. The zero-order valence-corrected chi connectivity index (χ0v) is 18.7. The predicted octanol–water partition coefficient (Wildman–Crippen LogP) is 3.15. The second-order valence-corrected chi connectivity index (χ2v) is 7.91. The highest BCUT2D eigenvalue weighted by atomic mass is 16.2. The van der Waals surface area contributed by atoms with Gasteiger partial charge in [-0.3, -0.25) is 14.2 Å². The highest BCUT2D eigenvalue weighted by Crippen LogP contribution is 2.26. The van der Waals surface area contributed by atoms with Crippen LogP contribution in [0.2, 0.25) is 0 Å². The summed E-state index contributed by atoms with van der Waals surface area (Å²) < 4.78 is 3.09. The van der Waals surface area contributed by atoms with Crippen LogP contribution in [-0.4, -0.2) is 32.1 Å². The molecule has 2 aromatic carbocycles. The monoisotopic (exact) mass is 453 g/mol. The number of pyridine rings is 1. The van der Waals surface area contributed by atoms with E-state index in [-0.39, 0.29) is 16.9 Å². The maximum atomic E-state index is 13.7. The molecule has 1 amide bonds. The first-order valence-electron chi connectivity index (χ1n) is 10.8. The smallest absolute Gasteiger partial charge is 0.265 e. The van der Waals surface area contributed by atoms with Crippen molar-refractivity contribution in [3.63, 3.8) is 0 Å². The number of rotatable bonds is 5. The normalized spacial score (nSPS) is 12.1. The zero-order chi connectivity index (χ0) is 23.8. The van der Waals surface area contributed by atoms with E-state index >= 15 is 0 Å². The highest BCUT2D eigenvalue weighted by Gasteiger charge is 2.23. The minimum absolute atomic E-state index is 0.0843. The number of nitrogens with two attached hydrogens (primary N) is 1. The van der Waals surface area contributed by atoms with Gasteiger partial charge in [0.2, 0.25) is 0 Å². The zero-order valence-electron chi connectivity index (χ0n) is 18.7. The van der Waals surface area contributed by atoms with Crippen molar-refractivity contribution >= 4 is 33.8 Å². The van der Waals surface area contributed by atoms with E-state index in [1.54, 1.807) is 30.1 Å². The number of anilines is 2. The SMILES string of the molecule is CNc1cccc2cc([C@H](C)NC(=O)c3c(N)nn4cccnc34)n(-c3ccccc3)c(=O)c12. The molecule has 34 heavy (non-hydrogen) atoms. The fourth-order valence-corrected chi connectivity index (χ4v) is 4.22. The van der Waals surface area contributed by atoms with Crippen LogP contribution in [0.4, 0.5) is 11.5 Å². The molecule has 9 heteroatoms. The first-order valence-corrected chi connectivity index (χ1v) is 10.8. The molecule has 0 saturated heterocycles. The number of amides is 1. The molecule has 170 valence electrons. The van der Waals surface area contributed by atoms with Crippen molar-refractivity contribution in [3.8, 4) is 5.69 Å². The fourth-order valence-electron chi connectivity index (χ4n) is 4.22. The van der Waals surface area contributed by atoms with Crippen LogP contribution >= 0.6 is 0 Å². The number of carbonyl (C=O) groups excluding carboxylic acids is 1. The van der Waals surface area contributed by atoms with E-state index in [1.165, 1.54) is 4.52 Å². The molecule has 3 heterocycles. The summed E-state index contributed by atoms with van der Waals surface area (Å²) in [5, 5.41) is 11.6. The summed E-state index contributed by atoms with van der Waals surface area (Å²) in [6.45, 7) is 1.83. The van der Waals surface area contributed by atoms with Gasteiger partial charge in [-0.2, -0.15) is 0 Å². The summed E-state index contributed by atoms with van der Waals surface area (Å²) in [4.78, 5) is 31.2. The summed E-state index contributed by atoms with van der Waals surface area (Å²) >= 11 is 0. The lowest BCUT2D eigenvalue weighted by atomic mass is 10.1. The molecule has 4 N–H and O–H groups in total. The Kier molecular flexibility index (Phi) is 5.21. The Bertz CT molecular complexity index is 1590. The molecular weight excluding hydrogens is 430 g/mol. The van der Waals surface area contributed by atoms with Gasteiger partial charge >= 0.3 is 0 Å². The number of benzene rings is 2. The van der Waals surface area contributed by atoms with Crippen molar-refractivity contribution in [1.82, 2.24) is 24.5 Å². The quantitative estimate of drug-likeness (QED) is 0.376. The third kappa shape index (κ3) is 3.43. The molecule has 0 fully saturated rings. The molecule has 0 bridgehead atoms. The van der Waals surface area contributed by atoms with Crippen LogP contribution in [0.1, 0.15) is 29.0 Å². The lowest BCUT2D eigenvalue weighted by molar-refractivity contribution is 0.0941. The third-order valence-corrected chi connectivity index (χ3v) is 5.80. The van der Waals surface area contributed by atoms with Crippen LogP contribution in [0.15, 0.2) is 77.9 Å². The second kappa shape index (κ2) is 8.36. The van der Waals surface area contributed by atoms with Gasteiger partial charge in [0.05, 0.1) is 11.4 Å². The van der Waals surface area contributed by atoms with E-state index in [9.17, 15) is 9.59 Å². The largest absolute Gasteiger partial charge is 0.387 e. The Morgan fingerprint density at radius 1 is 1.09 bits per heavy atom. The van der Waals surface area contributed by atoms with Gasteiger partial charge in [-0.15, -0.1) is 5.10 Å². The van der Waals surface area contributed by atoms with Gasteiger partial charge in [-0.25, -0.2) is 9.50 Å². The van der Waals surface area contributed by atoms with Crippen molar-refractivity contribution in [3.05, 3.63) is 94.7 Å². The Balaban J connectivity index is 1.64. The summed E-state index contributed by atoms with van der Waals surface area (Å²) in [7, 11) is 1.78. The molecule has 5 aromatic rings. The van der Waals surface area contributed by atoms with Gasteiger partial charge < -0.3 is 16.4 Å². The van der Waals surface area contributed by atoms with E-state index in [0.29, 0.717) is 22.4 Å². The molecular formula is C25H23N7O2. The summed E-state index contributed by atoms with van der Waals surface area (Å²) in [6, 6.07) is 18.1. The number of hydrogen-bond acceptors (Lipinski definition) is 6. The average Bonchev–Trinajstić information content (AvgIpc) is 3.19. The number of carbonyl (C=O) groups is 1. The van der Waals surface area contributed by atoms with Crippen LogP contribution in [0.5, 0.6) is 0 Å². The van der Waals surface area contributed by atoms with Crippen molar-refractivity contribution in [2.24, 2.45) is 0 Å². The molecule has 0 spiro atoms. The van der Waals surface area contributed by atoms with Crippen molar-refractivity contribution in [1.29, 1.82) is 0 Å². The van der Waals surface area contributed by atoms with Crippen molar-refractivity contribution < 1.29 is 4.79 Å². The molecule has 9 nitrogen and oxygen atoms in total. The number of para-hydroxylation sites is 1. The molecule has 0 aliphatic heterocycles. The Hall–Kier alpha value is -4.66. The number of fused-ring (bicyclic) bond motifs is 2. The lowest BCUT2D eigenvalue weighted by Gasteiger charge is -2.21. The van der Waals surface area contributed by atoms with Crippen molar-refractivity contribution in [2.45, 2.75) is 13.0 Å². The van der Waals surface area contributed by atoms with Crippen LogP contribution in [-0.2, 0) is 0 Å². The Labute approximate surface area is 194 Å². The molecule has 0 aliphatic rings. The third-order valence-electron chi connectivity index (χ3n) is 5.80. The Morgan fingerprint density at radius 3 is 2.65 bits per heavy atom. The summed E-state index contributed by atoms with van der Waals surface area (Å²) in [5.74, 6) is -0.337. The molecule has 1 atom stereocenters. The van der Waals surface area contributed by atoms with Crippen LogP contribution in [0.25, 0.3) is 22.1 Å². The molecule has 0 radical (unpaired) electrons. The molecule has 0 saturated carbocycles. The average molecular weight is 454 g/mol. The molecule has 5 rings (SSSR count). The fraction of sp³-hybridized carbons (Fsp3) is 0.120. The summed E-state index contributed by atoms with van der Waals surface area (Å²) in [6.07, 6.45) is 3.25. The Morgan fingerprint density at radius 2 is 1.88 bits per heavy atom. The first kappa shape index (κ1) is 21.2. The maximum absolute atomic E-state index is 13.7. The predicted molar refractivity (Wildman–Crippen MR) is 132 cm³/mol. The van der Waals surface area contributed by atoms with E-state index in [2.05, 4.69) is 20.7 Å². The van der Waals surface area contributed by atoms with Gasteiger partial charge in [0.1, 0.15) is 5.56 Å². The number of nitrogens with zero attached hydrogens (tertiary/aromatic N) is 4. The maximum Gasteiger partial charge on any atom is 0.265 e. The summed E-state index contributed by atoms with van der Waals surface area (Å²) in [5.41, 5.74) is 8.48. The van der Waals surface area contributed by atoms with Gasteiger partial charge in [0.25, 0.3) is 11.5 Å². The van der Waals surface area contributed by atoms with Gasteiger partial charge in [-0.05, 0) is 42.6 Å². The van der Waals surface area contributed by atoms with E-state index in [1.807, 2.05) is 61.5 Å². The van der Waals surface area contributed by atoms with E-state index < -0.39 is 11.9 Å².